The summed E-state index contributed by atoms with van der Waals surface area (Å²) in [6, 6.07) is -0.0834. The molecule has 0 amide bonds. The SMILES string of the molecule is CC1OCCC1NS(=O)(=O)N1CCNCC1. The predicted molar refractivity (Wildman–Crippen MR) is 60.3 cm³/mol. The zero-order chi connectivity index (χ0) is 11.6. The molecule has 16 heavy (non-hydrogen) atoms. The van der Waals surface area contributed by atoms with Crippen molar-refractivity contribution in [1.82, 2.24) is 14.3 Å². The van der Waals surface area contributed by atoms with Crippen molar-refractivity contribution in [1.29, 1.82) is 0 Å². The first-order valence-electron chi connectivity index (χ1n) is 5.69. The molecule has 0 radical (unpaired) electrons. The van der Waals surface area contributed by atoms with Crippen LogP contribution in [0.1, 0.15) is 13.3 Å². The molecule has 2 rings (SSSR count). The van der Waals surface area contributed by atoms with Gasteiger partial charge in [-0.1, -0.05) is 0 Å². The minimum atomic E-state index is -3.34. The van der Waals surface area contributed by atoms with Crippen LogP contribution >= 0.6 is 0 Å². The van der Waals surface area contributed by atoms with Gasteiger partial charge in [-0.05, 0) is 13.3 Å². The van der Waals surface area contributed by atoms with E-state index in [1.54, 1.807) is 0 Å². The Morgan fingerprint density at radius 3 is 2.62 bits per heavy atom. The van der Waals surface area contributed by atoms with E-state index in [4.69, 9.17) is 4.74 Å². The molecular formula is C9H19N3O3S. The second kappa shape index (κ2) is 4.97. The maximum atomic E-state index is 12.0. The molecule has 94 valence electrons. The highest BCUT2D eigenvalue weighted by Crippen LogP contribution is 2.14. The van der Waals surface area contributed by atoms with Gasteiger partial charge in [0, 0.05) is 32.8 Å². The smallest absolute Gasteiger partial charge is 0.279 e. The van der Waals surface area contributed by atoms with Gasteiger partial charge in [0.2, 0.25) is 0 Å². The van der Waals surface area contributed by atoms with Crippen LogP contribution in [0.5, 0.6) is 0 Å². The van der Waals surface area contributed by atoms with Crippen molar-refractivity contribution in [2.24, 2.45) is 0 Å². The molecule has 0 aromatic carbocycles. The highest BCUT2D eigenvalue weighted by Gasteiger charge is 2.31. The summed E-state index contributed by atoms with van der Waals surface area (Å²) >= 11 is 0. The third-order valence-corrected chi connectivity index (χ3v) is 4.74. The zero-order valence-corrected chi connectivity index (χ0v) is 10.3. The number of rotatable bonds is 3. The van der Waals surface area contributed by atoms with Gasteiger partial charge >= 0.3 is 0 Å². The van der Waals surface area contributed by atoms with E-state index >= 15 is 0 Å². The number of nitrogens with zero attached hydrogens (tertiary/aromatic N) is 1. The Balaban J connectivity index is 1.96. The van der Waals surface area contributed by atoms with E-state index in [0.29, 0.717) is 19.7 Å². The average molecular weight is 249 g/mol. The maximum Gasteiger partial charge on any atom is 0.279 e. The van der Waals surface area contributed by atoms with Gasteiger partial charge in [-0.25, -0.2) is 0 Å². The lowest BCUT2D eigenvalue weighted by atomic mass is 10.2. The van der Waals surface area contributed by atoms with Crippen molar-refractivity contribution in [2.45, 2.75) is 25.5 Å². The summed E-state index contributed by atoms with van der Waals surface area (Å²) in [6.07, 6.45) is 0.727. The van der Waals surface area contributed by atoms with Crippen molar-refractivity contribution in [3.63, 3.8) is 0 Å². The van der Waals surface area contributed by atoms with Crippen molar-refractivity contribution >= 4 is 10.2 Å². The number of hydrogen-bond donors (Lipinski definition) is 2. The fraction of sp³-hybridized carbons (Fsp3) is 1.00. The van der Waals surface area contributed by atoms with Gasteiger partial charge in [-0.15, -0.1) is 0 Å². The van der Waals surface area contributed by atoms with Crippen LogP contribution in [0.25, 0.3) is 0 Å². The van der Waals surface area contributed by atoms with Gasteiger partial charge in [-0.2, -0.15) is 17.4 Å². The molecule has 2 atom stereocenters. The summed E-state index contributed by atoms with van der Waals surface area (Å²) in [5.74, 6) is 0. The Hall–Kier alpha value is -0.210. The monoisotopic (exact) mass is 249 g/mol. The molecule has 2 heterocycles. The fourth-order valence-electron chi connectivity index (χ4n) is 2.04. The highest BCUT2D eigenvalue weighted by molar-refractivity contribution is 7.87. The molecule has 2 unspecified atom stereocenters. The molecule has 0 bridgehead atoms. The molecule has 0 aliphatic carbocycles. The predicted octanol–water partition coefficient (Wildman–Crippen LogP) is -1.10. The lowest BCUT2D eigenvalue weighted by molar-refractivity contribution is 0.116. The lowest BCUT2D eigenvalue weighted by Gasteiger charge is -2.28. The van der Waals surface area contributed by atoms with Crippen LogP contribution in [-0.2, 0) is 14.9 Å². The first kappa shape index (κ1) is 12.3. The van der Waals surface area contributed by atoms with Gasteiger partial charge in [0.15, 0.2) is 0 Å². The van der Waals surface area contributed by atoms with Gasteiger partial charge in [0.1, 0.15) is 0 Å². The summed E-state index contributed by atoms with van der Waals surface area (Å²) in [4.78, 5) is 0. The zero-order valence-electron chi connectivity index (χ0n) is 9.48. The van der Waals surface area contributed by atoms with E-state index in [1.165, 1.54) is 4.31 Å². The normalized spacial score (nSPS) is 33.1. The van der Waals surface area contributed by atoms with Gasteiger partial charge < -0.3 is 10.1 Å². The van der Waals surface area contributed by atoms with E-state index in [0.717, 1.165) is 19.5 Å². The van der Waals surface area contributed by atoms with Crippen LogP contribution in [-0.4, -0.2) is 57.7 Å². The maximum absolute atomic E-state index is 12.0. The Morgan fingerprint density at radius 2 is 2.06 bits per heavy atom. The molecule has 6 nitrogen and oxygen atoms in total. The Bertz CT molecular complexity index is 327. The van der Waals surface area contributed by atoms with Crippen molar-refractivity contribution in [3.05, 3.63) is 0 Å². The first-order chi connectivity index (χ1) is 7.59. The topological polar surface area (TPSA) is 70.7 Å². The van der Waals surface area contributed by atoms with E-state index in [2.05, 4.69) is 10.0 Å². The van der Waals surface area contributed by atoms with Crippen LogP contribution in [0.3, 0.4) is 0 Å². The number of hydrogen-bond acceptors (Lipinski definition) is 4. The molecule has 2 aliphatic rings. The molecule has 0 aromatic rings. The molecule has 2 saturated heterocycles. The van der Waals surface area contributed by atoms with E-state index in [9.17, 15) is 8.42 Å². The standard InChI is InChI=1S/C9H19N3O3S/c1-8-9(2-7-15-8)11-16(13,14)12-5-3-10-4-6-12/h8-11H,2-7H2,1H3. The molecule has 0 saturated carbocycles. The second-order valence-electron chi connectivity index (χ2n) is 4.24. The van der Waals surface area contributed by atoms with Crippen molar-refractivity contribution in [2.75, 3.05) is 32.8 Å². The summed E-state index contributed by atoms with van der Waals surface area (Å²) in [5, 5.41) is 3.13. The summed E-state index contributed by atoms with van der Waals surface area (Å²) < 4.78 is 33.6. The summed E-state index contributed by atoms with van der Waals surface area (Å²) in [7, 11) is -3.34. The lowest BCUT2D eigenvalue weighted by Crippen LogP contribution is -2.53. The third-order valence-electron chi connectivity index (χ3n) is 3.09. The molecule has 0 spiro atoms. The van der Waals surface area contributed by atoms with Crippen LogP contribution in [0.15, 0.2) is 0 Å². The number of ether oxygens (including phenoxy) is 1. The van der Waals surface area contributed by atoms with E-state index < -0.39 is 10.2 Å². The van der Waals surface area contributed by atoms with E-state index in [1.807, 2.05) is 6.92 Å². The molecule has 2 aliphatic heterocycles. The van der Waals surface area contributed by atoms with Gasteiger partial charge in [0.05, 0.1) is 12.1 Å². The van der Waals surface area contributed by atoms with Gasteiger partial charge in [-0.3, -0.25) is 0 Å². The Kier molecular flexibility index (Phi) is 3.81. The number of piperazine rings is 1. The minimum Gasteiger partial charge on any atom is -0.377 e. The molecule has 7 heteroatoms. The third kappa shape index (κ3) is 2.72. The summed E-state index contributed by atoms with van der Waals surface area (Å²) in [5.41, 5.74) is 0. The van der Waals surface area contributed by atoms with Gasteiger partial charge in [0.25, 0.3) is 10.2 Å². The molecule has 2 fully saturated rings. The van der Waals surface area contributed by atoms with Crippen molar-refractivity contribution in [3.8, 4) is 0 Å². The average Bonchev–Trinajstić information content (AvgIpc) is 2.65. The highest BCUT2D eigenvalue weighted by atomic mass is 32.2. The molecular weight excluding hydrogens is 230 g/mol. The van der Waals surface area contributed by atoms with E-state index in [-0.39, 0.29) is 12.1 Å². The van der Waals surface area contributed by atoms with Crippen molar-refractivity contribution < 1.29 is 13.2 Å². The minimum absolute atomic E-state index is 0.0299. The Labute approximate surface area is 96.5 Å². The second-order valence-corrected chi connectivity index (χ2v) is 5.95. The van der Waals surface area contributed by atoms with Crippen LogP contribution in [0.4, 0.5) is 0 Å². The fourth-order valence-corrected chi connectivity index (χ4v) is 3.54. The molecule has 0 aromatic heterocycles. The van der Waals surface area contributed by atoms with Crippen LogP contribution in [0, 0.1) is 0 Å². The molecule has 2 N–H and O–H groups in total. The quantitative estimate of drug-likeness (QED) is 0.666. The van der Waals surface area contributed by atoms with Crippen LogP contribution in [0.2, 0.25) is 0 Å². The van der Waals surface area contributed by atoms with Crippen LogP contribution < -0.4 is 10.0 Å². The number of nitrogens with one attached hydrogen (secondary N) is 2. The largest absolute Gasteiger partial charge is 0.377 e. The Morgan fingerprint density at radius 1 is 1.38 bits per heavy atom. The first-order valence-corrected chi connectivity index (χ1v) is 7.13. The summed E-state index contributed by atoms with van der Waals surface area (Å²) in [6.45, 7) is 5.05.